The molecular weight excluding hydrogens is 447 g/mol. The summed E-state index contributed by atoms with van der Waals surface area (Å²) in [5.41, 5.74) is 2.81. The minimum atomic E-state index is -0.774. The Morgan fingerprint density at radius 2 is 2.12 bits per heavy atom. The molecule has 2 saturated carbocycles. The lowest BCUT2D eigenvalue weighted by atomic mass is 9.94. The Hall–Kier alpha value is -2.27. The zero-order valence-electron chi connectivity index (χ0n) is 17.5. The van der Waals surface area contributed by atoms with Gasteiger partial charge in [0.1, 0.15) is 11.9 Å². The van der Waals surface area contributed by atoms with Gasteiger partial charge < -0.3 is 15.4 Å². The summed E-state index contributed by atoms with van der Waals surface area (Å²) in [6.45, 7) is 2.25. The van der Waals surface area contributed by atoms with Crippen molar-refractivity contribution in [2.24, 2.45) is 23.7 Å². The summed E-state index contributed by atoms with van der Waals surface area (Å²) in [7, 11) is 5.64. The fourth-order valence-corrected chi connectivity index (χ4v) is 6.40. The van der Waals surface area contributed by atoms with E-state index in [0.29, 0.717) is 35.3 Å². The van der Waals surface area contributed by atoms with Crippen LogP contribution in [-0.2, 0) is 11.2 Å². The standard InChI is InChI=1S/C24H24ClFN4OS/c1-12-21-18-10-20(22(12)21)29-23(18)24(31)28-17(11-27)8-15-6-5-14(9-19(15)26)13-3-2-4-16(7-13)30-32-25/h2-7,9,12,17-18,20-23,29-30H,8,10H2,1H3,(H,28,31)/t12-,17-,18+,20-,21-,22+,23-/m0/s1. The van der Waals surface area contributed by atoms with Crippen LogP contribution >= 0.6 is 21.8 Å². The lowest BCUT2D eigenvalue weighted by molar-refractivity contribution is -0.124. The van der Waals surface area contributed by atoms with Crippen LogP contribution in [0.15, 0.2) is 42.5 Å². The summed E-state index contributed by atoms with van der Waals surface area (Å²) in [5.74, 6) is 1.87. The highest BCUT2D eigenvalue weighted by molar-refractivity contribution is 8.22. The minimum Gasteiger partial charge on any atom is -0.339 e. The highest BCUT2D eigenvalue weighted by Crippen LogP contribution is 2.64. The summed E-state index contributed by atoms with van der Waals surface area (Å²) in [6, 6.07) is 14.0. The van der Waals surface area contributed by atoms with Crippen molar-refractivity contribution in [1.82, 2.24) is 10.6 Å². The number of nitrogens with one attached hydrogen (secondary N) is 3. The number of amides is 1. The van der Waals surface area contributed by atoms with Gasteiger partial charge in [0.25, 0.3) is 0 Å². The average molecular weight is 471 g/mol. The van der Waals surface area contributed by atoms with Crippen molar-refractivity contribution in [2.75, 3.05) is 4.72 Å². The van der Waals surface area contributed by atoms with E-state index in [-0.39, 0.29) is 18.4 Å². The molecule has 8 heteroatoms. The van der Waals surface area contributed by atoms with Gasteiger partial charge in [-0.3, -0.25) is 4.79 Å². The van der Waals surface area contributed by atoms with Gasteiger partial charge in [-0.15, -0.1) is 0 Å². The van der Waals surface area contributed by atoms with Crippen LogP contribution in [0.3, 0.4) is 0 Å². The zero-order valence-corrected chi connectivity index (χ0v) is 19.1. The van der Waals surface area contributed by atoms with Crippen molar-refractivity contribution in [3.63, 3.8) is 0 Å². The first kappa shape index (κ1) is 21.6. The van der Waals surface area contributed by atoms with Crippen molar-refractivity contribution >= 4 is 33.4 Å². The molecule has 0 radical (unpaired) electrons. The Balaban J connectivity index is 1.24. The van der Waals surface area contributed by atoms with Gasteiger partial charge in [-0.2, -0.15) is 5.26 Å². The van der Waals surface area contributed by atoms with Crippen molar-refractivity contribution in [3.05, 3.63) is 53.8 Å². The number of nitriles is 1. The number of piperidine rings is 1. The molecule has 1 saturated heterocycles. The van der Waals surface area contributed by atoms with Crippen LogP contribution in [0, 0.1) is 40.8 Å². The number of rotatable bonds is 7. The molecule has 3 fully saturated rings. The van der Waals surface area contributed by atoms with Crippen LogP contribution in [0.4, 0.5) is 10.1 Å². The number of carbonyl (C=O) groups is 1. The Bertz CT molecular complexity index is 1090. The first-order valence-electron chi connectivity index (χ1n) is 10.9. The molecule has 1 aliphatic heterocycles. The second-order valence-electron chi connectivity index (χ2n) is 9.12. The molecule has 0 spiro atoms. The Labute approximate surface area is 195 Å². The van der Waals surface area contributed by atoms with Crippen molar-refractivity contribution < 1.29 is 9.18 Å². The molecule has 1 heterocycles. The topological polar surface area (TPSA) is 77.0 Å². The predicted octanol–water partition coefficient (Wildman–Crippen LogP) is 4.50. The van der Waals surface area contributed by atoms with Gasteiger partial charge in [0.05, 0.1) is 23.3 Å². The highest BCUT2D eigenvalue weighted by atomic mass is 35.7. The number of anilines is 1. The summed E-state index contributed by atoms with van der Waals surface area (Å²) >= 11 is 0.972. The van der Waals surface area contributed by atoms with Crippen LogP contribution < -0.4 is 15.4 Å². The molecule has 2 aromatic carbocycles. The number of hydrogen-bond donors (Lipinski definition) is 3. The minimum absolute atomic E-state index is 0.127. The average Bonchev–Trinajstić information content (AvgIpc) is 3.14. The maximum absolute atomic E-state index is 14.9. The third kappa shape index (κ3) is 3.85. The van der Waals surface area contributed by atoms with E-state index >= 15 is 0 Å². The molecule has 2 aromatic rings. The Kier molecular flexibility index (Phi) is 5.79. The van der Waals surface area contributed by atoms with Crippen LogP contribution in [0.2, 0.25) is 0 Å². The van der Waals surface area contributed by atoms with E-state index < -0.39 is 11.9 Å². The molecule has 166 valence electrons. The van der Waals surface area contributed by atoms with E-state index in [0.717, 1.165) is 34.4 Å². The zero-order chi connectivity index (χ0) is 22.4. The van der Waals surface area contributed by atoms with E-state index in [9.17, 15) is 14.4 Å². The monoisotopic (exact) mass is 470 g/mol. The van der Waals surface area contributed by atoms with Crippen molar-refractivity contribution in [2.45, 2.75) is 37.9 Å². The Morgan fingerprint density at radius 3 is 2.84 bits per heavy atom. The fourth-order valence-electron chi connectivity index (χ4n) is 5.91. The Morgan fingerprint density at radius 1 is 1.31 bits per heavy atom. The van der Waals surface area contributed by atoms with E-state index in [1.165, 1.54) is 6.07 Å². The molecule has 0 aromatic heterocycles. The lowest BCUT2D eigenvalue weighted by Gasteiger charge is -2.23. The summed E-state index contributed by atoms with van der Waals surface area (Å²) < 4.78 is 17.8. The molecule has 2 bridgehead atoms. The largest absolute Gasteiger partial charge is 0.339 e. The van der Waals surface area contributed by atoms with Crippen LogP contribution in [-0.4, -0.2) is 24.0 Å². The van der Waals surface area contributed by atoms with Gasteiger partial charge >= 0.3 is 0 Å². The second kappa shape index (κ2) is 8.58. The molecule has 32 heavy (non-hydrogen) atoms. The van der Waals surface area contributed by atoms with E-state index in [1.54, 1.807) is 6.07 Å². The van der Waals surface area contributed by atoms with Gasteiger partial charge in [0, 0.05) is 18.2 Å². The van der Waals surface area contributed by atoms with E-state index in [2.05, 4.69) is 28.3 Å². The van der Waals surface area contributed by atoms with Gasteiger partial charge in [-0.05, 0) is 75.7 Å². The van der Waals surface area contributed by atoms with Gasteiger partial charge in [0.2, 0.25) is 5.91 Å². The first-order chi connectivity index (χ1) is 15.5. The summed E-state index contributed by atoms with van der Waals surface area (Å²) in [6.07, 6.45) is 1.17. The number of fused-ring (bicyclic) bond motifs is 5. The second-order valence-corrected chi connectivity index (χ2v) is 9.95. The maximum atomic E-state index is 14.9. The van der Waals surface area contributed by atoms with Gasteiger partial charge in [0.15, 0.2) is 0 Å². The molecule has 3 aliphatic rings. The summed E-state index contributed by atoms with van der Waals surface area (Å²) in [4.78, 5) is 12.8. The predicted molar refractivity (Wildman–Crippen MR) is 125 cm³/mol. The fraction of sp³-hybridized carbons (Fsp3) is 0.417. The van der Waals surface area contributed by atoms with Crippen molar-refractivity contribution in [3.8, 4) is 17.2 Å². The molecule has 3 N–H and O–H groups in total. The highest BCUT2D eigenvalue weighted by Gasteiger charge is 2.67. The molecule has 0 unspecified atom stereocenters. The molecule has 2 aliphatic carbocycles. The first-order valence-corrected chi connectivity index (χ1v) is 12.5. The van der Waals surface area contributed by atoms with Crippen LogP contribution in [0.25, 0.3) is 11.1 Å². The smallest absolute Gasteiger partial charge is 0.238 e. The van der Waals surface area contributed by atoms with Gasteiger partial charge in [-0.1, -0.05) is 31.2 Å². The third-order valence-corrected chi connectivity index (χ3v) is 7.95. The van der Waals surface area contributed by atoms with E-state index in [4.69, 9.17) is 10.7 Å². The SMILES string of the molecule is C[C@H]1[C@H]2[C@H]3C[C@H](N[C@@H]3C(=O)N[C@H](C#N)Cc3ccc(-c4cccc(NSCl)c4)cc3F)[C@@H]12. The molecule has 7 atom stereocenters. The van der Waals surface area contributed by atoms with Crippen molar-refractivity contribution in [1.29, 1.82) is 5.26 Å². The molecule has 5 rings (SSSR count). The number of nitrogens with zero attached hydrogens (tertiary/aromatic N) is 1. The molecule has 5 nitrogen and oxygen atoms in total. The van der Waals surface area contributed by atoms with Crippen LogP contribution in [0.1, 0.15) is 18.9 Å². The normalized spacial score (nSPS) is 30.3. The maximum Gasteiger partial charge on any atom is 0.238 e. The molecular formula is C24H24ClFN4OS. The van der Waals surface area contributed by atoms with E-state index in [1.807, 2.05) is 30.3 Å². The number of halogens is 2. The van der Waals surface area contributed by atoms with Gasteiger partial charge in [-0.25, -0.2) is 4.39 Å². The molecule has 1 amide bonds. The third-order valence-electron chi connectivity index (χ3n) is 7.41. The number of benzene rings is 2. The number of carbonyl (C=O) groups excluding carboxylic acids is 1. The van der Waals surface area contributed by atoms with Crippen LogP contribution in [0.5, 0.6) is 0 Å². The summed E-state index contributed by atoms with van der Waals surface area (Å²) in [5, 5.41) is 15.9. The lowest BCUT2D eigenvalue weighted by Crippen LogP contribution is -2.51. The number of hydrogen-bond acceptors (Lipinski definition) is 5. The quantitative estimate of drug-likeness (QED) is 0.519.